The van der Waals surface area contributed by atoms with Gasteiger partial charge in [0.05, 0.1) is 17.5 Å². The van der Waals surface area contributed by atoms with Gasteiger partial charge in [-0.25, -0.2) is 5.10 Å². The monoisotopic (exact) mass is 238 g/mol. The van der Waals surface area contributed by atoms with Gasteiger partial charge < -0.3 is 5.11 Å². The maximum absolute atomic E-state index is 11.6. The number of aryl methyl sites for hydroxylation is 2. The van der Waals surface area contributed by atoms with Gasteiger partial charge in [0.15, 0.2) is 0 Å². The number of H-pyrrole nitrogens is 1. The van der Waals surface area contributed by atoms with Crippen molar-refractivity contribution in [3.8, 4) is 0 Å². The van der Waals surface area contributed by atoms with E-state index in [1.807, 2.05) is 13.8 Å². The summed E-state index contributed by atoms with van der Waals surface area (Å²) >= 11 is 1.48. The van der Waals surface area contributed by atoms with Crippen molar-refractivity contribution in [2.24, 2.45) is 0 Å². The molecule has 0 aromatic carbocycles. The van der Waals surface area contributed by atoms with Crippen LogP contribution in [0.3, 0.4) is 0 Å². The first-order valence-corrected chi connectivity index (χ1v) is 5.51. The van der Waals surface area contributed by atoms with Crippen LogP contribution in [0.4, 0.5) is 0 Å². The number of fused-ring (bicyclic) bond motifs is 1. The predicted octanol–water partition coefficient (Wildman–Crippen LogP) is 1.23. The summed E-state index contributed by atoms with van der Waals surface area (Å²) in [7, 11) is 0. The van der Waals surface area contributed by atoms with Gasteiger partial charge in [-0.05, 0) is 13.8 Å². The molecule has 0 bridgehead atoms. The van der Waals surface area contributed by atoms with E-state index < -0.39 is 5.97 Å². The van der Waals surface area contributed by atoms with Gasteiger partial charge in [-0.1, -0.05) is 0 Å². The lowest BCUT2D eigenvalue weighted by molar-refractivity contribution is -0.136. The van der Waals surface area contributed by atoms with Crippen molar-refractivity contribution in [2.75, 3.05) is 0 Å². The summed E-state index contributed by atoms with van der Waals surface area (Å²) in [6.45, 7) is 3.71. The van der Waals surface area contributed by atoms with E-state index in [4.69, 9.17) is 5.11 Å². The Hall–Kier alpha value is -1.69. The van der Waals surface area contributed by atoms with Gasteiger partial charge in [-0.15, -0.1) is 11.3 Å². The number of nitrogens with one attached hydrogen (secondary N) is 1. The molecule has 5 nitrogen and oxygen atoms in total. The summed E-state index contributed by atoms with van der Waals surface area (Å²) in [5, 5.41) is 16.2. The molecule has 84 valence electrons. The zero-order chi connectivity index (χ0) is 11.9. The Labute approximate surface area is 94.7 Å². The number of aromatic amines is 1. The van der Waals surface area contributed by atoms with E-state index >= 15 is 0 Å². The normalized spacial score (nSPS) is 10.9. The third-order valence-corrected chi connectivity index (χ3v) is 3.41. The number of thiophene rings is 1. The Morgan fingerprint density at radius 3 is 2.62 bits per heavy atom. The van der Waals surface area contributed by atoms with Gasteiger partial charge in [-0.3, -0.25) is 9.59 Å². The van der Waals surface area contributed by atoms with E-state index in [9.17, 15) is 9.59 Å². The average molecular weight is 238 g/mol. The molecule has 0 aliphatic rings. The number of carbonyl (C=O) groups is 1. The first-order chi connectivity index (χ1) is 7.50. The molecule has 0 unspecified atom stereocenters. The summed E-state index contributed by atoms with van der Waals surface area (Å²) in [6, 6.07) is 0. The molecule has 0 aliphatic heterocycles. The van der Waals surface area contributed by atoms with E-state index in [1.165, 1.54) is 11.3 Å². The first kappa shape index (κ1) is 10.8. The van der Waals surface area contributed by atoms with Gasteiger partial charge >= 0.3 is 5.97 Å². The molecular weight excluding hydrogens is 228 g/mol. The minimum Gasteiger partial charge on any atom is -0.481 e. The molecule has 6 heteroatoms. The maximum atomic E-state index is 11.6. The molecule has 0 spiro atoms. The van der Waals surface area contributed by atoms with Crippen LogP contribution in [0, 0.1) is 13.8 Å². The lowest BCUT2D eigenvalue weighted by Crippen LogP contribution is -2.13. The van der Waals surface area contributed by atoms with Crippen LogP contribution < -0.4 is 5.56 Å². The van der Waals surface area contributed by atoms with Crippen molar-refractivity contribution in [3.63, 3.8) is 0 Å². The highest BCUT2D eigenvalue weighted by Crippen LogP contribution is 2.29. The van der Waals surface area contributed by atoms with Crippen LogP contribution in [0.25, 0.3) is 10.8 Å². The van der Waals surface area contributed by atoms with E-state index in [-0.39, 0.29) is 12.0 Å². The van der Waals surface area contributed by atoms with Crippen molar-refractivity contribution >= 4 is 28.1 Å². The Bertz CT molecular complexity index is 627. The molecule has 2 aromatic heterocycles. The molecule has 0 fully saturated rings. The van der Waals surface area contributed by atoms with E-state index in [2.05, 4.69) is 10.2 Å². The topological polar surface area (TPSA) is 83.0 Å². The van der Waals surface area contributed by atoms with Gasteiger partial charge in [0.25, 0.3) is 5.56 Å². The smallest absolute Gasteiger partial charge is 0.309 e. The number of aliphatic carboxylic acids is 1. The van der Waals surface area contributed by atoms with Crippen LogP contribution in [0.15, 0.2) is 4.79 Å². The summed E-state index contributed by atoms with van der Waals surface area (Å²) < 4.78 is 0. The number of nitrogens with zero attached hydrogens (tertiary/aromatic N) is 1. The lowest BCUT2D eigenvalue weighted by atomic mass is 10.1. The van der Waals surface area contributed by atoms with E-state index in [0.29, 0.717) is 16.5 Å². The predicted molar refractivity (Wildman–Crippen MR) is 61.1 cm³/mol. The van der Waals surface area contributed by atoms with Gasteiger partial charge in [0.1, 0.15) is 0 Å². The Kier molecular flexibility index (Phi) is 2.51. The summed E-state index contributed by atoms with van der Waals surface area (Å²) in [5.41, 5.74) is 0.162. The molecule has 16 heavy (non-hydrogen) atoms. The molecule has 0 radical (unpaired) electrons. The molecule has 0 saturated heterocycles. The zero-order valence-electron chi connectivity index (χ0n) is 8.83. The Morgan fingerprint density at radius 2 is 2.00 bits per heavy atom. The van der Waals surface area contributed by atoms with Crippen molar-refractivity contribution in [1.29, 1.82) is 0 Å². The van der Waals surface area contributed by atoms with Crippen LogP contribution in [0.2, 0.25) is 0 Å². The number of aromatic nitrogens is 2. The van der Waals surface area contributed by atoms with Crippen molar-refractivity contribution in [1.82, 2.24) is 10.2 Å². The van der Waals surface area contributed by atoms with Gasteiger partial charge in [0, 0.05) is 15.1 Å². The average Bonchev–Trinajstić information content (AvgIpc) is 2.47. The third kappa shape index (κ3) is 1.61. The number of hydrogen-bond acceptors (Lipinski definition) is 4. The molecule has 2 aromatic rings. The van der Waals surface area contributed by atoms with E-state index in [0.717, 1.165) is 9.75 Å². The molecule has 2 N–H and O–H groups in total. The highest BCUT2D eigenvalue weighted by Gasteiger charge is 2.15. The second-order valence-electron chi connectivity index (χ2n) is 3.53. The summed E-state index contributed by atoms with van der Waals surface area (Å²) in [5.74, 6) is -0.955. The van der Waals surface area contributed by atoms with E-state index in [1.54, 1.807) is 0 Å². The first-order valence-electron chi connectivity index (χ1n) is 4.69. The van der Waals surface area contributed by atoms with Crippen LogP contribution in [-0.2, 0) is 11.2 Å². The third-order valence-electron chi connectivity index (χ3n) is 2.39. The minimum absolute atomic E-state index is 0.176. The fourth-order valence-electron chi connectivity index (χ4n) is 1.81. The second kappa shape index (κ2) is 3.71. The minimum atomic E-state index is -0.955. The Balaban J connectivity index is 2.82. The number of carboxylic acids is 1. The SMILES string of the molecule is Cc1sc(C)c2c(=O)[nH]nc(CC(=O)O)c12. The molecule has 2 rings (SSSR count). The number of rotatable bonds is 2. The molecule has 0 aliphatic carbocycles. The standard InChI is InChI=1S/C10H10N2O3S/c1-4-8-6(3-7(13)14)11-12-10(15)9(8)5(2)16-4/h3H2,1-2H3,(H,12,15)(H,13,14). The van der Waals surface area contributed by atoms with Crippen molar-refractivity contribution in [3.05, 3.63) is 25.8 Å². The van der Waals surface area contributed by atoms with Gasteiger partial charge in [-0.2, -0.15) is 5.10 Å². The van der Waals surface area contributed by atoms with Crippen molar-refractivity contribution < 1.29 is 9.90 Å². The van der Waals surface area contributed by atoms with Crippen LogP contribution >= 0.6 is 11.3 Å². The van der Waals surface area contributed by atoms with Gasteiger partial charge in [0.2, 0.25) is 0 Å². The zero-order valence-corrected chi connectivity index (χ0v) is 9.64. The largest absolute Gasteiger partial charge is 0.481 e. The summed E-state index contributed by atoms with van der Waals surface area (Å²) in [6.07, 6.45) is -0.176. The van der Waals surface area contributed by atoms with Crippen LogP contribution in [-0.4, -0.2) is 21.3 Å². The maximum Gasteiger partial charge on any atom is 0.309 e. The molecule has 0 atom stereocenters. The Morgan fingerprint density at radius 1 is 1.38 bits per heavy atom. The molecular formula is C10H10N2O3S. The highest BCUT2D eigenvalue weighted by atomic mass is 32.1. The fourth-order valence-corrected chi connectivity index (χ4v) is 2.88. The molecule has 0 saturated carbocycles. The number of carboxylic acid groups (broad SMARTS) is 1. The van der Waals surface area contributed by atoms with Crippen LogP contribution in [0.1, 0.15) is 15.4 Å². The molecule has 0 amide bonds. The second-order valence-corrected chi connectivity index (χ2v) is 4.96. The van der Waals surface area contributed by atoms with Crippen molar-refractivity contribution in [2.45, 2.75) is 20.3 Å². The summed E-state index contributed by atoms with van der Waals surface area (Å²) in [4.78, 5) is 24.1. The highest BCUT2D eigenvalue weighted by molar-refractivity contribution is 7.13. The lowest BCUT2D eigenvalue weighted by Gasteiger charge is -1.99. The molecule has 2 heterocycles. The van der Waals surface area contributed by atoms with Crippen LogP contribution in [0.5, 0.6) is 0 Å². The fraction of sp³-hybridized carbons (Fsp3) is 0.300. The number of hydrogen-bond donors (Lipinski definition) is 2. The quantitative estimate of drug-likeness (QED) is 0.824.